The lowest BCUT2D eigenvalue weighted by atomic mass is 9.95. The number of nitrogens with zero attached hydrogens (tertiary/aromatic N) is 1. The molecule has 0 bridgehead atoms. The molecular weight excluding hydrogens is 420 g/mol. The predicted molar refractivity (Wildman–Crippen MR) is 127 cm³/mol. The van der Waals surface area contributed by atoms with Gasteiger partial charge in [-0.05, 0) is 36.4 Å². The molecule has 0 aliphatic carbocycles. The third-order valence-corrected chi connectivity index (χ3v) is 6.11. The van der Waals surface area contributed by atoms with Gasteiger partial charge in [-0.15, -0.1) is 0 Å². The second-order valence-electron chi connectivity index (χ2n) is 8.00. The molecular formula is C26H28N2O5. The van der Waals surface area contributed by atoms with Crippen LogP contribution in [0, 0.1) is 5.92 Å². The average Bonchev–Trinajstić information content (AvgIpc) is 2.87. The second-order valence-corrected chi connectivity index (χ2v) is 8.00. The first-order valence-electron chi connectivity index (χ1n) is 10.9. The van der Waals surface area contributed by atoms with E-state index in [1.54, 1.807) is 17.0 Å². The van der Waals surface area contributed by atoms with Crippen LogP contribution in [-0.4, -0.2) is 51.1 Å². The zero-order valence-corrected chi connectivity index (χ0v) is 19.1. The van der Waals surface area contributed by atoms with E-state index in [9.17, 15) is 9.59 Å². The molecule has 1 heterocycles. The summed E-state index contributed by atoms with van der Waals surface area (Å²) in [6.45, 7) is 1.01. The van der Waals surface area contributed by atoms with Crippen molar-refractivity contribution in [2.45, 2.75) is 12.8 Å². The maximum Gasteiger partial charge on any atom is 0.254 e. The number of hydrogen-bond acceptors (Lipinski definition) is 5. The zero-order chi connectivity index (χ0) is 23.4. The molecule has 0 atom stereocenters. The number of likely N-dealkylation sites (tertiary alicyclic amines) is 1. The molecule has 33 heavy (non-hydrogen) atoms. The van der Waals surface area contributed by atoms with Gasteiger partial charge in [0.15, 0.2) is 11.5 Å². The Kier molecular flexibility index (Phi) is 6.68. The molecule has 1 N–H and O–H groups in total. The highest BCUT2D eigenvalue weighted by molar-refractivity contribution is 6.03. The maximum absolute atomic E-state index is 13.1. The molecule has 7 heteroatoms. The fourth-order valence-corrected chi connectivity index (χ4v) is 4.30. The lowest BCUT2D eigenvalue weighted by molar-refractivity contribution is -0.121. The summed E-state index contributed by atoms with van der Waals surface area (Å²) in [5.41, 5.74) is 1.28. The number of rotatable bonds is 6. The van der Waals surface area contributed by atoms with Crippen LogP contribution in [0.1, 0.15) is 23.2 Å². The molecule has 0 radical (unpaired) electrons. The number of carbonyl (C=O) groups excluding carboxylic acids is 2. The Bertz CT molecular complexity index is 1140. The van der Waals surface area contributed by atoms with Crippen molar-refractivity contribution in [1.29, 1.82) is 0 Å². The molecule has 0 aromatic heterocycles. The maximum atomic E-state index is 13.1. The van der Waals surface area contributed by atoms with Crippen molar-refractivity contribution < 1.29 is 23.8 Å². The van der Waals surface area contributed by atoms with Crippen molar-refractivity contribution in [3.05, 3.63) is 60.2 Å². The molecule has 2 amide bonds. The predicted octanol–water partition coefficient (Wildman–Crippen LogP) is 4.36. The molecule has 0 saturated carbocycles. The van der Waals surface area contributed by atoms with Crippen molar-refractivity contribution in [3.8, 4) is 17.2 Å². The molecule has 172 valence electrons. The first-order valence-corrected chi connectivity index (χ1v) is 10.9. The van der Waals surface area contributed by atoms with Gasteiger partial charge in [0.1, 0.15) is 0 Å². The lowest BCUT2D eigenvalue weighted by Gasteiger charge is -2.31. The standard InChI is InChI=1S/C26H28N2O5/c1-31-22-15-19(16-23(32-2)24(22)33-3)26(30)28-13-11-18(12-14-28)25(29)27-21-10-6-8-17-7-4-5-9-20(17)21/h4-10,15-16,18H,11-14H2,1-3H3,(H,27,29). The Morgan fingerprint density at radius 1 is 0.879 bits per heavy atom. The number of piperidine rings is 1. The fraction of sp³-hybridized carbons (Fsp3) is 0.308. The summed E-state index contributed by atoms with van der Waals surface area (Å²) < 4.78 is 16.1. The van der Waals surface area contributed by atoms with Crippen LogP contribution in [0.25, 0.3) is 10.8 Å². The number of anilines is 1. The highest BCUT2D eigenvalue weighted by atomic mass is 16.5. The van der Waals surface area contributed by atoms with Gasteiger partial charge in [-0.2, -0.15) is 0 Å². The minimum atomic E-state index is -0.145. The number of fused-ring (bicyclic) bond motifs is 1. The van der Waals surface area contributed by atoms with Gasteiger partial charge in [0.25, 0.3) is 5.91 Å². The fourth-order valence-electron chi connectivity index (χ4n) is 4.30. The number of nitrogens with one attached hydrogen (secondary N) is 1. The van der Waals surface area contributed by atoms with Gasteiger partial charge in [-0.3, -0.25) is 9.59 Å². The molecule has 1 aliphatic rings. The molecule has 0 spiro atoms. The summed E-state index contributed by atoms with van der Waals surface area (Å²) in [4.78, 5) is 27.8. The molecule has 3 aromatic carbocycles. The quantitative estimate of drug-likeness (QED) is 0.607. The summed E-state index contributed by atoms with van der Waals surface area (Å²) in [6, 6.07) is 17.2. The Labute approximate surface area is 193 Å². The SMILES string of the molecule is COc1cc(C(=O)N2CCC(C(=O)Nc3cccc4ccccc34)CC2)cc(OC)c1OC. The average molecular weight is 449 g/mol. The summed E-state index contributed by atoms with van der Waals surface area (Å²) in [5.74, 6) is 1.04. The van der Waals surface area contributed by atoms with Crippen molar-refractivity contribution >= 4 is 28.3 Å². The van der Waals surface area contributed by atoms with Crippen LogP contribution in [0.2, 0.25) is 0 Å². The van der Waals surface area contributed by atoms with E-state index in [0.717, 1.165) is 16.5 Å². The van der Waals surface area contributed by atoms with Crippen molar-refractivity contribution in [1.82, 2.24) is 4.90 Å². The van der Waals surface area contributed by atoms with Gasteiger partial charge in [0.05, 0.1) is 21.3 Å². The van der Waals surface area contributed by atoms with Crippen LogP contribution in [0.3, 0.4) is 0 Å². The summed E-state index contributed by atoms with van der Waals surface area (Å²) in [6.07, 6.45) is 1.21. The minimum absolute atomic E-state index is 0.00811. The topological polar surface area (TPSA) is 77.1 Å². The molecule has 1 saturated heterocycles. The third kappa shape index (κ3) is 4.58. The monoisotopic (exact) mass is 448 g/mol. The normalized spacial score (nSPS) is 14.1. The Hall–Kier alpha value is -3.74. The van der Waals surface area contributed by atoms with E-state index in [1.165, 1.54) is 21.3 Å². The van der Waals surface area contributed by atoms with Crippen LogP contribution >= 0.6 is 0 Å². The number of methoxy groups -OCH3 is 3. The summed E-state index contributed by atoms with van der Waals surface area (Å²) in [7, 11) is 4.56. The van der Waals surface area contributed by atoms with Gasteiger partial charge in [0, 0.05) is 35.6 Å². The molecule has 3 aromatic rings. The van der Waals surface area contributed by atoms with Crippen molar-refractivity contribution in [2.24, 2.45) is 5.92 Å². The lowest BCUT2D eigenvalue weighted by Crippen LogP contribution is -2.41. The van der Waals surface area contributed by atoms with Crippen LogP contribution in [0.15, 0.2) is 54.6 Å². The minimum Gasteiger partial charge on any atom is -0.493 e. The van der Waals surface area contributed by atoms with Gasteiger partial charge in [-0.25, -0.2) is 0 Å². The number of hydrogen-bond donors (Lipinski definition) is 1. The Morgan fingerprint density at radius 3 is 2.15 bits per heavy atom. The van der Waals surface area contributed by atoms with Crippen LogP contribution < -0.4 is 19.5 Å². The second kappa shape index (κ2) is 9.81. The molecule has 1 fully saturated rings. The van der Waals surface area contributed by atoms with E-state index in [4.69, 9.17) is 14.2 Å². The zero-order valence-electron chi connectivity index (χ0n) is 19.1. The first-order chi connectivity index (χ1) is 16.0. The highest BCUT2D eigenvalue weighted by Gasteiger charge is 2.29. The smallest absolute Gasteiger partial charge is 0.254 e. The van der Waals surface area contributed by atoms with Gasteiger partial charge < -0.3 is 24.4 Å². The number of benzene rings is 3. The van der Waals surface area contributed by atoms with E-state index < -0.39 is 0 Å². The largest absolute Gasteiger partial charge is 0.493 e. The van der Waals surface area contributed by atoms with Gasteiger partial charge in [-0.1, -0.05) is 36.4 Å². The number of carbonyl (C=O) groups is 2. The van der Waals surface area contributed by atoms with Crippen LogP contribution in [-0.2, 0) is 4.79 Å². The first kappa shape index (κ1) is 22.5. The third-order valence-electron chi connectivity index (χ3n) is 6.11. The summed E-state index contributed by atoms with van der Waals surface area (Å²) >= 11 is 0. The van der Waals surface area contributed by atoms with E-state index in [2.05, 4.69) is 5.32 Å². The molecule has 4 rings (SSSR count). The van der Waals surface area contributed by atoms with E-state index in [-0.39, 0.29) is 17.7 Å². The van der Waals surface area contributed by atoms with Crippen molar-refractivity contribution in [3.63, 3.8) is 0 Å². The van der Waals surface area contributed by atoms with Crippen LogP contribution in [0.5, 0.6) is 17.2 Å². The number of amides is 2. The van der Waals surface area contributed by atoms with Crippen molar-refractivity contribution in [2.75, 3.05) is 39.7 Å². The van der Waals surface area contributed by atoms with Gasteiger partial charge in [0.2, 0.25) is 11.7 Å². The number of ether oxygens (including phenoxy) is 3. The molecule has 1 aliphatic heterocycles. The van der Waals surface area contributed by atoms with Crippen LogP contribution in [0.4, 0.5) is 5.69 Å². The Morgan fingerprint density at radius 2 is 1.52 bits per heavy atom. The van der Waals surface area contributed by atoms with E-state index >= 15 is 0 Å². The molecule has 7 nitrogen and oxygen atoms in total. The van der Waals surface area contributed by atoms with E-state index in [1.807, 2.05) is 42.5 Å². The summed E-state index contributed by atoms with van der Waals surface area (Å²) in [5, 5.41) is 5.19. The van der Waals surface area contributed by atoms with E-state index in [0.29, 0.717) is 48.7 Å². The van der Waals surface area contributed by atoms with Gasteiger partial charge >= 0.3 is 0 Å². The highest BCUT2D eigenvalue weighted by Crippen LogP contribution is 2.38. The molecule has 0 unspecified atom stereocenters. The Balaban J connectivity index is 1.42.